The van der Waals surface area contributed by atoms with Crippen LogP contribution in [-0.2, 0) is 0 Å². The zero-order valence-electron chi connectivity index (χ0n) is 11.6. The van der Waals surface area contributed by atoms with Gasteiger partial charge >= 0.3 is 0 Å². The van der Waals surface area contributed by atoms with E-state index in [-0.39, 0.29) is 24.8 Å². The molecule has 0 unspecified atom stereocenters. The summed E-state index contributed by atoms with van der Waals surface area (Å²) in [5.41, 5.74) is 1.44. The Morgan fingerprint density at radius 3 is 2.35 bits per heavy atom. The van der Waals surface area contributed by atoms with Gasteiger partial charge in [0.25, 0.3) is 0 Å². The molecule has 1 fully saturated rings. The maximum absolute atomic E-state index is 3.85. The van der Waals surface area contributed by atoms with Gasteiger partial charge in [-0.25, -0.2) is 0 Å². The molecule has 0 radical (unpaired) electrons. The Morgan fingerprint density at radius 1 is 1.20 bits per heavy atom. The first-order chi connectivity index (χ1) is 8.81. The minimum absolute atomic E-state index is 0. The van der Waals surface area contributed by atoms with Crippen molar-refractivity contribution in [3.05, 3.63) is 46.1 Å². The van der Waals surface area contributed by atoms with Gasteiger partial charge in [-0.05, 0) is 53.1 Å². The summed E-state index contributed by atoms with van der Waals surface area (Å²) in [6, 6.07) is 9.51. The summed E-state index contributed by atoms with van der Waals surface area (Å²) in [6.45, 7) is 8.36. The molecule has 0 bridgehead atoms. The number of rotatable bonds is 5. The van der Waals surface area contributed by atoms with E-state index in [4.69, 9.17) is 0 Å². The second-order valence-electron chi connectivity index (χ2n) is 4.72. The van der Waals surface area contributed by atoms with Gasteiger partial charge in [0.05, 0.1) is 0 Å². The van der Waals surface area contributed by atoms with Crippen molar-refractivity contribution in [2.75, 3.05) is 26.2 Å². The van der Waals surface area contributed by atoms with Crippen molar-refractivity contribution in [1.82, 2.24) is 10.2 Å². The Balaban J connectivity index is 0.00000180. The molecule has 0 saturated carbocycles. The Hall–Kier alpha value is 0.190. The van der Waals surface area contributed by atoms with Crippen molar-refractivity contribution in [2.45, 2.75) is 18.9 Å². The monoisotopic (exact) mass is 428 g/mol. The molecule has 1 aromatic rings. The molecule has 114 valence electrons. The van der Waals surface area contributed by atoms with Crippen molar-refractivity contribution in [2.24, 2.45) is 0 Å². The lowest BCUT2D eigenvalue weighted by atomic mass is 9.99. The summed E-state index contributed by atoms with van der Waals surface area (Å²) >= 11 is 2.36. The lowest BCUT2D eigenvalue weighted by molar-refractivity contribution is 0.166. The SMILES string of the molecule is C=CCC[C@H](c1ccc(I)cc1)N1CCNCC1.Cl.Cl. The number of halogens is 3. The van der Waals surface area contributed by atoms with Crippen LogP contribution in [-0.4, -0.2) is 31.1 Å². The number of nitrogens with zero attached hydrogens (tertiary/aromatic N) is 1. The highest BCUT2D eigenvalue weighted by Gasteiger charge is 2.21. The van der Waals surface area contributed by atoms with Crippen LogP contribution < -0.4 is 5.32 Å². The first kappa shape index (κ1) is 20.2. The quantitative estimate of drug-likeness (QED) is 0.562. The molecule has 20 heavy (non-hydrogen) atoms. The first-order valence-corrected chi connectivity index (χ1v) is 7.70. The summed E-state index contributed by atoms with van der Waals surface area (Å²) in [6.07, 6.45) is 4.28. The van der Waals surface area contributed by atoms with Crippen LogP contribution in [0, 0.1) is 3.57 Å². The van der Waals surface area contributed by atoms with E-state index in [2.05, 4.69) is 63.7 Å². The standard InChI is InChI=1S/C15H21IN2.2ClH/c1-2-3-4-15(18-11-9-17-10-12-18)13-5-7-14(16)8-6-13;;/h2,5-8,15,17H,1,3-4,9-12H2;2*1H/t15-;;/m1../s1. The van der Waals surface area contributed by atoms with Gasteiger partial charge in [-0.2, -0.15) is 0 Å². The molecule has 5 heteroatoms. The molecule has 0 aromatic heterocycles. The number of hydrogen-bond donors (Lipinski definition) is 1. The molecule has 0 spiro atoms. The topological polar surface area (TPSA) is 15.3 Å². The molecular formula is C15H23Cl2IN2. The summed E-state index contributed by atoms with van der Waals surface area (Å²) in [5, 5.41) is 3.42. The van der Waals surface area contributed by atoms with Crippen LogP contribution in [0.4, 0.5) is 0 Å². The predicted molar refractivity (Wildman–Crippen MR) is 100 cm³/mol. The third kappa shape index (κ3) is 5.90. The second-order valence-corrected chi connectivity index (χ2v) is 5.96. The average Bonchev–Trinajstić information content (AvgIpc) is 2.42. The maximum Gasteiger partial charge on any atom is 0.0352 e. The highest BCUT2D eigenvalue weighted by Crippen LogP contribution is 2.26. The highest BCUT2D eigenvalue weighted by molar-refractivity contribution is 14.1. The average molecular weight is 429 g/mol. The number of benzene rings is 1. The lowest BCUT2D eigenvalue weighted by Gasteiger charge is -2.35. The zero-order chi connectivity index (χ0) is 12.8. The molecule has 1 saturated heterocycles. The fourth-order valence-corrected chi connectivity index (χ4v) is 2.87. The van der Waals surface area contributed by atoms with Gasteiger partial charge in [0, 0.05) is 35.8 Å². The minimum Gasteiger partial charge on any atom is -0.314 e. The summed E-state index contributed by atoms with van der Waals surface area (Å²) in [5.74, 6) is 0. The molecule has 1 N–H and O–H groups in total. The van der Waals surface area contributed by atoms with E-state index >= 15 is 0 Å². The smallest absolute Gasteiger partial charge is 0.0352 e. The Labute approximate surface area is 148 Å². The third-order valence-electron chi connectivity index (χ3n) is 3.49. The second kappa shape index (κ2) is 10.9. The molecule has 1 heterocycles. The van der Waals surface area contributed by atoms with Crippen LogP contribution in [0.15, 0.2) is 36.9 Å². The molecular weight excluding hydrogens is 406 g/mol. The van der Waals surface area contributed by atoms with Gasteiger partial charge in [0.2, 0.25) is 0 Å². The van der Waals surface area contributed by atoms with Crippen molar-refractivity contribution < 1.29 is 0 Å². The van der Waals surface area contributed by atoms with Gasteiger partial charge < -0.3 is 5.32 Å². The molecule has 0 amide bonds. The Bertz CT molecular complexity index is 378. The number of piperazine rings is 1. The third-order valence-corrected chi connectivity index (χ3v) is 4.21. The van der Waals surface area contributed by atoms with E-state index in [1.165, 1.54) is 15.6 Å². The van der Waals surface area contributed by atoms with Crippen molar-refractivity contribution in [3.63, 3.8) is 0 Å². The van der Waals surface area contributed by atoms with Gasteiger partial charge in [-0.15, -0.1) is 31.4 Å². The van der Waals surface area contributed by atoms with Crippen molar-refractivity contribution in [3.8, 4) is 0 Å². The van der Waals surface area contributed by atoms with E-state index in [1.807, 2.05) is 6.08 Å². The fourth-order valence-electron chi connectivity index (χ4n) is 2.51. The van der Waals surface area contributed by atoms with E-state index in [9.17, 15) is 0 Å². The fraction of sp³-hybridized carbons (Fsp3) is 0.467. The van der Waals surface area contributed by atoms with Crippen LogP contribution in [0.1, 0.15) is 24.4 Å². The van der Waals surface area contributed by atoms with Crippen LogP contribution in [0.25, 0.3) is 0 Å². The lowest BCUT2D eigenvalue weighted by Crippen LogP contribution is -2.45. The van der Waals surface area contributed by atoms with Crippen LogP contribution >= 0.6 is 47.4 Å². The first-order valence-electron chi connectivity index (χ1n) is 6.62. The van der Waals surface area contributed by atoms with E-state index < -0.39 is 0 Å². The predicted octanol–water partition coefficient (Wildman–Crippen LogP) is 4.05. The molecule has 1 aliphatic heterocycles. The summed E-state index contributed by atoms with van der Waals surface area (Å²) in [7, 11) is 0. The number of hydrogen-bond acceptors (Lipinski definition) is 2. The summed E-state index contributed by atoms with van der Waals surface area (Å²) in [4.78, 5) is 2.60. The van der Waals surface area contributed by atoms with Gasteiger partial charge in [0.15, 0.2) is 0 Å². The zero-order valence-corrected chi connectivity index (χ0v) is 15.3. The molecule has 2 nitrogen and oxygen atoms in total. The molecule has 1 aromatic carbocycles. The number of nitrogens with one attached hydrogen (secondary N) is 1. The van der Waals surface area contributed by atoms with Gasteiger partial charge in [0.1, 0.15) is 0 Å². The number of allylic oxidation sites excluding steroid dienone is 1. The molecule has 1 atom stereocenters. The van der Waals surface area contributed by atoms with Gasteiger partial charge in [-0.3, -0.25) is 4.90 Å². The van der Waals surface area contributed by atoms with Crippen LogP contribution in [0.2, 0.25) is 0 Å². The Kier molecular flexibility index (Phi) is 11.0. The van der Waals surface area contributed by atoms with E-state index in [1.54, 1.807) is 0 Å². The Morgan fingerprint density at radius 2 is 1.80 bits per heavy atom. The summed E-state index contributed by atoms with van der Waals surface area (Å²) < 4.78 is 1.30. The maximum atomic E-state index is 3.85. The van der Waals surface area contributed by atoms with E-state index in [0.717, 1.165) is 32.6 Å². The van der Waals surface area contributed by atoms with Gasteiger partial charge in [-0.1, -0.05) is 18.2 Å². The molecule has 2 rings (SSSR count). The van der Waals surface area contributed by atoms with E-state index in [0.29, 0.717) is 6.04 Å². The van der Waals surface area contributed by atoms with Crippen LogP contribution in [0.5, 0.6) is 0 Å². The van der Waals surface area contributed by atoms with Crippen LogP contribution in [0.3, 0.4) is 0 Å². The normalized spacial score (nSPS) is 16.6. The van der Waals surface area contributed by atoms with Crippen molar-refractivity contribution >= 4 is 47.4 Å². The van der Waals surface area contributed by atoms with Crippen molar-refractivity contribution in [1.29, 1.82) is 0 Å². The molecule has 1 aliphatic rings. The minimum atomic E-state index is 0. The highest BCUT2D eigenvalue weighted by atomic mass is 127. The molecule has 0 aliphatic carbocycles. The largest absolute Gasteiger partial charge is 0.314 e.